The van der Waals surface area contributed by atoms with Gasteiger partial charge < -0.3 is 5.32 Å². The summed E-state index contributed by atoms with van der Waals surface area (Å²) in [5.74, 6) is 0.133. The van der Waals surface area contributed by atoms with Crippen LogP contribution in [0.4, 0.5) is 4.39 Å². The molecule has 2 aromatic rings. The van der Waals surface area contributed by atoms with Gasteiger partial charge in [0.25, 0.3) is 0 Å². The molecule has 0 radical (unpaired) electrons. The summed E-state index contributed by atoms with van der Waals surface area (Å²) in [7, 11) is 0. The van der Waals surface area contributed by atoms with E-state index in [1.165, 1.54) is 12.1 Å². The van der Waals surface area contributed by atoms with Crippen molar-refractivity contribution >= 4 is 23.2 Å². The Hall–Kier alpha value is -1.09. The molecule has 100 valence electrons. The van der Waals surface area contributed by atoms with E-state index in [0.717, 1.165) is 11.1 Å². The zero-order valence-corrected chi connectivity index (χ0v) is 11.8. The van der Waals surface area contributed by atoms with E-state index in [-0.39, 0.29) is 11.9 Å². The lowest BCUT2D eigenvalue weighted by molar-refractivity contribution is 0.577. The first-order valence-electron chi connectivity index (χ1n) is 5.99. The van der Waals surface area contributed by atoms with Crippen LogP contribution in [0.3, 0.4) is 0 Å². The van der Waals surface area contributed by atoms with Crippen molar-refractivity contribution in [2.75, 3.05) is 5.88 Å². The molecule has 1 atom stereocenters. The molecule has 19 heavy (non-hydrogen) atoms. The number of alkyl halides is 1. The number of rotatable bonds is 5. The van der Waals surface area contributed by atoms with Gasteiger partial charge in [0.2, 0.25) is 0 Å². The molecule has 1 unspecified atom stereocenters. The number of halogens is 3. The number of benzene rings is 2. The largest absolute Gasteiger partial charge is 0.305 e. The van der Waals surface area contributed by atoms with E-state index in [9.17, 15) is 4.39 Å². The molecule has 2 rings (SSSR count). The second-order valence-corrected chi connectivity index (χ2v) is 4.95. The molecule has 4 heteroatoms. The smallest absolute Gasteiger partial charge is 0.124 e. The van der Waals surface area contributed by atoms with Crippen molar-refractivity contribution in [1.29, 1.82) is 0 Å². The Bertz CT molecular complexity index is 531. The third-order valence-electron chi connectivity index (χ3n) is 2.91. The second kappa shape index (κ2) is 6.90. The van der Waals surface area contributed by atoms with Crippen molar-refractivity contribution in [1.82, 2.24) is 5.32 Å². The highest BCUT2D eigenvalue weighted by molar-refractivity contribution is 6.31. The quantitative estimate of drug-likeness (QED) is 0.799. The van der Waals surface area contributed by atoms with Gasteiger partial charge in [0.05, 0.1) is 0 Å². The molecule has 1 nitrogen and oxygen atoms in total. The molecule has 0 amide bonds. The van der Waals surface area contributed by atoms with Crippen LogP contribution in [-0.4, -0.2) is 5.88 Å². The van der Waals surface area contributed by atoms with Crippen LogP contribution in [0.5, 0.6) is 0 Å². The fraction of sp³-hybridized carbons (Fsp3) is 0.200. The van der Waals surface area contributed by atoms with Crippen LogP contribution >= 0.6 is 23.2 Å². The van der Waals surface area contributed by atoms with Gasteiger partial charge >= 0.3 is 0 Å². The minimum absolute atomic E-state index is 0.0454. The van der Waals surface area contributed by atoms with Crippen LogP contribution in [0.15, 0.2) is 48.5 Å². The predicted octanol–water partition coefficient (Wildman–Crippen LogP) is 4.55. The summed E-state index contributed by atoms with van der Waals surface area (Å²) >= 11 is 12.0. The zero-order chi connectivity index (χ0) is 13.7. The van der Waals surface area contributed by atoms with Crippen molar-refractivity contribution in [3.05, 3.63) is 70.5 Å². The highest BCUT2D eigenvalue weighted by atomic mass is 35.5. The molecule has 0 aromatic heterocycles. The lowest BCUT2D eigenvalue weighted by atomic mass is 10.1. The van der Waals surface area contributed by atoms with E-state index >= 15 is 0 Å². The van der Waals surface area contributed by atoms with E-state index in [2.05, 4.69) is 5.32 Å². The summed E-state index contributed by atoms with van der Waals surface area (Å²) in [5, 5.41) is 3.75. The first-order valence-corrected chi connectivity index (χ1v) is 6.90. The average Bonchev–Trinajstić information content (AvgIpc) is 2.43. The molecule has 0 aliphatic rings. The maximum absolute atomic E-state index is 13.0. The van der Waals surface area contributed by atoms with Gasteiger partial charge in [-0.2, -0.15) is 0 Å². The van der Waals surface area contributed by atoms with Crippen LogP contribution in [0.25, 0.3) is 0 Å². The van der Waals surface area contributed by atoms with Crippen LogP contribution in [0, 0.1) is 5.82 Å². The molecule has 1 N–H and O–H groups in total. The highest BCUT2D eigenvalue weighted by Gasteiger charge is 2.10. The average molecular weight is 298 g/mol. The maximum Gasteiger partial charge on any atom is 0.124 e. The summed E-state index contributed by atoms with van der Waals surface area (Å²) in [6, 6.07) is 14.4. The first kappa shape index (κ1) is 14.3. The number of nitrogens with one attached hydrogen (secondary N) is 1. The maximum atomic E-state index is 13.0. The Morgan fingerprint density at radius 2 is 1.84 bits per heavy atom. The third kappa shape index (κ3) is 3.93. The van der Waals surface area contributed by atoms with Gasteiger partial charge in [0.1, 0.15) is 5.82 Å². The lowest BCUT2D eigenvalue weighted by Gasteiger charge is -2.17. The Balaban J connectivity index is 2.04. The van der Waals surface area contributed by atoms with Gasteiger partial charge in [-0.15, -0.1) is 11.6 Å². The molecule has 0 heterocycles. The van der Waals surface area contributed by atoms with Crippen LogP contribution in [-0.2, 0) is 6.54 Å². The molecule has 0 saturated heterocycles. The van der Waals surface area contributed by atoms with Gasteiger partial charge in [0.15, 0.2) is 0 Å². The molecule has 0 fully saturated rings. The molecule has 0 aliphatic heterocycles. The van der Waals surface area contributed by atoms with E-state index in [1.807, 2.05) is 30.3 Å². The monoisotopic (exact) mass is 297 g/mol. The summed E-state index contributed by atoms with van der Waals surface area (Å²) in [6.07, 6.45) is 0. The standard InChI is InChI=1S/C15H14Cl2FN/c16-9-15(11-4-2-1-3-5-11)19-10-12-6-7-13(18)8-14(12)17/h1-8,15,19H,9-10H2. The van der Waals surface area contributed by atoms with Crippen molar-refractivity contribution in [3.8, 4) is 0 Å². The van der Waals surface area contributed by atoms with Gasteiger partial charge in [-0.25, -0.2) is 4.39 Å². The van der Waals surface area contributed by atoms with Gasteiger partial charge in [-0.05, 0) is 23.3 Å². The Labute approximate surface area is 122 Å². The SMILES string of the molecule is Fc1ccc(CNC(CCl)c2ccccc2)c(Cl)c1. The van der Waals surface area contributed by atoms with Crippen LogP contribution in [0.2, 0.25) is 5.02 Å². The lowest BCUT2D eigenvalue weighted by Crippen LogP contribution is -2.22. The Kier molecular flexibility index (Phi) is 5.20. The molecular weight excluding hydrogens is 284 g/mol. The fourth-order valence-corrected chi connectivity index (χ4v) is 2.37. The zero-order valence-electron chi connectivity index (χ0n) is 10.2. The highest BCUT2D eigenvalue weighted by Crippen LogP contribution is 2.19. The van der Waals surface area contributed by atoms with E-state index < -0.39 is 0 Å². The van der Waals surface area contributed by atoms with Gasteiger partial charge in [0, 0.05) is 23.5 Å². The summed E-state index contributed by atoms with van der Waals surface area (Å²) in [6.45, 7) is 0.547. The molecule has 0 saturated carbocycles. The van der Waals surface area contributed by atoms with Crippen molar-refractivity contribution < 1.29 is 4.39 Å². The fourth-order valence-electron chi connectivity index (χ4n) is 1.85. The number of hydrogen-bond acceptors (Lipinski definition) is 1. The summed E-state index contributed by atoms with van der Waals surface area (Å²) in [4.78, 5) is 0. The topological polar surface area (TPSA) is 12.0 Å². The first-order chi connectivity index (χ1) is 9.20. The predicted molar refractivity (Wildman–Crippen MR) is 78.2 cm³/mol. The van der Waals surface area contributed by atoms with Crippen LogP contribution in [0.1, 0.15) is 17.2 Å². The van der Waals surface area contributed by atoms with Crippen molar-refractivity contribution in [2.24, 2.45) is 0 Å². The minimum Gasteiger partial charge on any atom is -0.305 e. The van der Waals surface area contributed by atoms with Crippen LogP contribution < -0.4 is 5.32 Å². The van der Waals surface area contributed by atoms with Crippen molar-refractivity contribution in [2.45, 2.75) is 12.6 Å². The number of hydrogen-bond donors (Lipinski definition) is 1. The summed E-state index contributed by atoms with van der Waals surface area (Å²) < 4.78 is 13.0. The van der Waals surface area contributed by atoms with E-state index in [4.69, 9.17) is 23.2 Å². The minimum atomic E-state index is -0.328. The second-order valence-electron chi connectivity index (χ2n) is 4.23. The van der Waals surface area contributed by atoms with Gasteiger partial charge in [-0.1, -0.05) is 48.0 Å². The summed E-state index contributed by atoms with van der Waals surface area (Å²) in [5.41, 5.74) is 1.98. The Morgan fingerprint density at radius 1 is 1.11 bits per heavy atom. The van der Waals surface area contributed by atoms with Crippen molar-refractivity contribution in [3.63, 3.8) is 0 Å². The molecule has 0 spiro atoms. The third-order valence-corrected chi connectivity index (χ3v) is 3.57. The van der Waals surface area contributed by atoms with Gasteiger partial charge in [-0.3, -0.25) is 0 Å². The normalized spacial score (nSPS) is 12.4. The Morgan fingerprint density at radius 3 is 2.47 bits per heavy atom. The molecule has 0 aliphatic carbocycles. The molecular formula is C15H14Cl2FN. The molecule has 2 aromatic carbocycles. The molecule has 0 bridgehead atoms. The van der Waals surface area contributed by atoms with E-state index in [1.54, 1.807) is 6.07 Å². The van der Waals surface area contributed by atoms with E-state index in [0.29, 0.717) is 17.4 Å².